The number of nitrogens with two attached hydrogens (primary N) is 1. The maximum atomic E-state index is 10.8. The number of rotatable bonds is 3. The van der Waals surface area contributed by atoms with E-state index in [0.717, 1.165) is 5.56 Å². The fourth-order valence-electron chi connectivity index (χ4n) is 1.07. The first-order chi connectivity index (χ1) is 6.09. The number of aryl methyl sites for hydroxylation is 1. The van der Waals surface area contributed by atoms with Crippen LogP contribution in [0.2, 0.25) is 0 Å². The molecular formula is C10H13NOS. The Balaban J connectivity index is 2.64. The van der Waals surface area contributed by atoms with Crippen LogP contribution in [0, 0.1) is 6.92 Å². The highest BCUT2D eigenvalue weighted by Gasteiger charge is 2.09. The van der Waals surface area contributed by atoms with Gasteiger partial charge in [-0.25, -0.2) is 0 Å². The number of thiol groups is 1. The topological polar surface area (TPSA) is 43.1 Å². The van der Waals surface area contributed by atoms with Crippen molar-refractivity contribution in [2.24, 2.45) is 5.73 Å². The molecule has 1 rings (SSSR count). The van der Waals surface area contributed by atoms with Gasteiger partial charge in [0.05, 0.1) is 6.04 Å². The van der Waals surface area contributed by atoms with Gasteiger partial charge in [-0.1, -0.05) is 29.8 Å². The second-order valence-corrected chi connectivity index (χ2v) is 3.58. The molecule has 0 spiro atoms. The molecule has 3 heteroatoms. The number of hydrogen-bond donors (Lipinski definition) is 2. The predicted octanol–water partition coefficient (Wildman–Crippen LogP) is 1.32. The summed E-state index contributed by atoms with van der Waals surface area (Å²) < 4.78 is 0. The summed E-state index contributed by atoms with van der Waals surface area (Å²) in [6, 6.07) is 7.47. The Bertz CT molecular complexity index is 294. The second kappa shape index (κ2) is 4.44. The molecule has 0 bridgehead atoms. The monoisotopic (exact) mass is 195 g/mol. The third-order valence-corrected chi connectivity index (χ3v) is 2.23. The van der Waals surface area contributed by atoms with Crippen LogP contribution >= 0.6 is 12.6 Å². The largest absolute Gasteiger partial charge is 0.320 e. The van der Waals surface area contributed by atoms with E-state index in [0.29, 0.717) is 6.42 Å². The van der Waals surface area contributed by atoms with Crippen molar-refractivity contribution in [3.63, 3.8) is 0 Å². The molecule has 2 N–H and O–H groups in total. The van der Waals surface area contributed by atoms with E-state index in [4.69, 9.17) is 5.73 Å². The summed E-state index contributed by atoms with van der Waals surface area (Å²) >= 11 is 3.68. The van der Waals surface area contributed by atoms with Gasteiger partial charge in [0.15, 0.2) is 0 Å². The van der Waals surface area contributed by atoms with Crippen LogP contribution in [0.5, 0.6) is 0 Å². The van der Waals surface area contributed by atoms with Gasteiger partial charge in [-0.2, -0.15) is 0 Å². The van der Waals surface area contributed by atoms with Crippen molar-refractivity contribution in [2.45, 2.75) is 19.4 Å². The number of carbonyl (C=O) groups is 1. The SMILES string of the molecule is Cc1ccc(CC(N)C(=O)S)cc1. The lowest BCUT2D eigenvalue weighted by molar-refractivity contribution is -0.111. The molecule has 1 unspecified atom stereocenters. The van der Waals surface area contributed by atoms with Gasteiger partial charge in [0.25, 0.3) is 0 Å². The van der Waals surface area contributed by atoms with Crippen molar-refractivity contribution >= 4 is 17.7 Å². The zero-order valence-corrected chi connectivity index (χ0v) is 8.42. The van der Waals surface area contributed by atoms with E-state index in [-0.39, 0.29) is 5.12 Å². The van der Waals surface area contributed by atoms with Crippen molar-refractivity contribution in [1.82, 2.24) is 0 Å². The van der Waals surface area contributed by atoms with Crippen molar-refractivity contribution < 1.29 is 4.79 Å². The molecule has 1 aromatic rings. The molecule has 0 heterocycles. The maximum absolute atomic E-state index is 10.8. The molecular weight excluding hydrogens is 182 g/mol. The first-order valence-corrected chi connectivity index (χ1v) is 4.58. The molecule has 0 aliphatic heterocycles. The van der Waals surface area contributed by atoms with Crippen LogP contribution < -0.4 is 5.73 Å². The summed E-state index contributed by atoms with van der Waals surface area (Å²) in [6.07, 6.45) is 0.558. The van der Waals surface area contributed by atoms with E-state index >= 15 is 0 Å². The van der Waals surface area contributed by atoms with Crippen LogP contribution in [0.1, 0.15) is 11.1 Å². The summed E-state index contributed by atoms with van der Waals surface area (Å²) in [5, 5.41) is -0.263. The van der Waals surface area contributed by atoms with Crippen LogP contribution in [0.25, 0.3) is 0 Å². The smallest absolute Gasteiger partial charge is 0.202 e. The summed E-state index contributed by atoms with van der Waals surface area (Å²) in [7, 11) is 0. The minimum Gasteiger partial charge on any atom is -0.320 e. The fourth-order valence-corrected chi connectivity index (χ4v) is 1.16. The van der Waals surface area contributed by atoms with Gasteiger partial charge in [0.2, 0.25) is 5.12 Å². The molecule has 0 saturated carbocycles. The fraction of sp³-hybridized carbons (Fsp3) is 0.300. The summed E-state index contributed by atoms with van der Waals surface area (Å²) in [5.41, 5.74) is 7.83. The number of benzene rings is 1. The lowest BCUT2D eigenvalue weighted by Gasteiger charge is -2.06. The van der Waals surface area contributed by atoms with Crippen LogP contribution in [0.3, 0.4) is 0 Å². The lowest BCUT2D eigenvalue weighted by atomic mass is 10.1. The molecule has 0 radical (unpaired) electrons. The zero-order chi connectivity index (χ0) is 9.84. The standard InChI is InChI=1S/C10H13NOS/c1-7-2-4-8(5-3-7)6-9(11)10(12)13/h2-5,9H,6,11H2,1H3,(H,12,13). The summed E-state index contributed by atoms with van der Waals surface area (Å²) in [4.78, 5) is 10.8. The molecule has 0 aliphatic carbocycles. The van der Waals surface area contributed by atoms with E-state index in [1.165, 1.54) is 5.56 Å². The molecule has 0 fully saturated rings. The van der Waals surface area contributed by atoms with Crippen molar-refractivity contribution in [3.8, 4) is 0 Å². The average molecular weight is 195 g/mol. The minimum absolute atomic E-state index is 0.263. The van der Waals surface area contributed by atoms with Gasteiger partial charge >= 0.3 is 0 Å². The Kier molecular flexibility index (Phi) is 3.51. The van der Waals surface area contributed by atoms with Gasteiger partial charge in [0, 0.05) is 0 Å². The third-order valence-electron chi connectivity index (χ3n) is 1.89. The highest BCUT2D eigenvalue weighted by molar-refractivity contribution is 7.96. The number of hydrogen-bond acceptors (Lipinski definition) is 2. The van der Waals surface area contributed by atoms with Crippen LogP contribution in [-0.2, 0) is 11.2 Å². The molecule has 70 valence electrons. The first kappa shape index (κ1) is 10.3. The molecule has 1 aromatic carbocycles. The third kappa shape index (κ3) is 3.20. The lowest BCUT2D eigenvalue weighted by Crippen LogP contribution is -2.29. The Hall–Kier alpha value is -0.800. The van der Waals surface area contributed by atoms with E-state index in [9.17, 15) is 4.79 Å². The Labute approximate surface area is 83.5 Å². The second-order valence-electron chi connectivity index (χ2n) is 3.13. The van der Waals surface area contributed by atoms with Crippen molar-refractivity contribution in [3.05, 3.63) is 35.4 Å². The molecule has 0 aliphatic rings. The zero-order valence-electron chi connectivity index (χ0n) is 7.53. The van der Waals surface area contributed by atoms with Crippen LogP contribution in [-0.4, -0.2) is 11.2 Å². The maximum Gasteiger partial charge on any atom is 0.202 e. The van der Waals surface area contributed by atoms with Gasteiger partial charge in [-0.15, -0.1) is 12.6 Å². The Morgan fingerprint density at radius 3 is 2.46 bits per heavy atom. The van der Waals surface area contributed by atoms with Crippen LogP contribution in [0.4, 0.5) is 0 Å². The van der Waals surface area contributed by atoms with Crippen LogP contribution in [0.15, 0.2) is 24.3 Å². The van der Waals surface area contributed by atoms with Gasteiger partial charge in [-0.05, 0) is 18.9 Å². The summed E-state index contributed by atoms with van der Waals surface area (Å²) in [6.45, 7) is 2.02. The van der Waals surface area contributed by atoms with Gasteiger partial charge < -0.3 is 5.73 Å². The van der Waals surface area contributed by atoms with E-state index in [1.807, 2.05) is 31.2 Å². The molecule has 13 heavy (non-hydrogen) atoms. The first-order valence-electron chi connectivity index (χ1n) is 4.13. The number of carbonyl (C=O) groups excluding carboxylic acids is 1. The highest BCUT2D eigenvalue weighted by atomic mass is 32.1. The van der Waals surface area contributed by atoms with E-state index in [2.05, 4.69) is 12.6 Å². The normalized spacial score (nSPS) is 12.5. The Morgan fingerprint density at radius 2 is 2.00 bits per heavy atom. The minimum atomic E-state index is -0.494. The Morgan fingerprint density at radius 1 is 1.46 bits per heavy atom. The van der Waals surface area contributed by atoms with Crippen molar-refractivity contribution in [1.29, 1.82) is 0 Å². The van der Waals surface area contributed by atoms with Gasteiger partial charge in [-0.3, -0.25) is 4.79 Å². The van der Waals surface area contributed by atoms with Crippen molar-refractivity contribution in [2.75, 3.05) is 0 Å². The van der Waals surface area contributed by atoms with E-state index in [1.54, 1.807) is 0 Å². The molecule has 1 atom stereocenters. The average Bonchev–Trinajstić information content (AvgIpc) is 2.08. The molecule has 0 aromatic heterocycles. The molecule has 0 amide bonds. The molecule has 0 saturated heterocycles. The quantitative estimate of drug-likeness (QED) is 0.714. The summed E-state index contributed by atoms with van der Waals surface area (Å²) in [5.74, 6) is 0. The van der Waals surface area contributed by atoms with E-state index < -0.39 is 6.04 Å². The highest BCUT2D eigenvalue weighted by Crippen LogP contribution is 2.06. The molecule has 2 nitrogen and oxygen atoms in total. The predicted molar refractivity (Wildman–Crippen MR) is 56.9 cm³/mol. The van der Waals surface area contributed by atoms with Gasteiger partial charge in [0.1, 0.15) is 0 Å².